The lowest BCUT2D eigenvalue weighted by Crippen LogP contribution is -2.23. The predicted molar refractivity (Wildman–Crippen MR) is 74.4 cm³/mol. The molecule has 0 N–H and O–H groups in total. The van der Waals surface area contributed by atoms with Crippen LogP contribution in [0.25, 0.3) is 5.65 Å². The number of halogens is 1. The summed E-state index contributed by atoms with van der Waals surface area (Å²) in [6.45, 7) is 4.20. The molecule has 2 heterocycles. The molecule has 0 unspecified atom stereocenters. The first-order valence-electron chi connectivity index (χ1n) is 6.03. The zero-order valence-corrected chi connectivity index (χ0v) is 11.5. The van der Waals surface area contributed by atoms with Gasteiger partial charge in [0, 0.05) is 0 Å². The second-order valence-electron chi connectivity index (χ2n) is 4.94. The van der Waals surface area contributed by atoms with Gasteiger partial charge < -0.3 is 0 Å². The van der Waals surface area contributed by atoms with Crippen LogP contribution in [-0.4, -0.2) is 19.8 Å². The van der Waals surface area contributed by atoms with Gasteiger partial charge in [-0.1, -0.05) is 41.9 Å². The molecule has 2 aromatic heterocycles. The van der Waals surface area contributed by atoms with E-state index in [1.165, 1.54) is 0 Å². The number of rotatable bonds is 2. The van der Waals surface area contributed by atoms with Crippen molar-refractivity contribution in [3.05, 3.63) is 59.0 Å². The van der Waals surface area contributed by atoms with E-state index in [0.717, 1.165) is 11.4 Å². The maximum atomic E-state index is 5.96. The lowest BCUT2D eigenvalue weighted by atomic mass is 9.84. The van der Waals surface area contributed by atoms with Crippen molar-refractivity contribution in [1.29, 1.82) is 0 Å². The van der Waals surface area contributed by atoms with Crippen molar-refractivity contribution in [2.24, 2.45) is 0 Å². The molecule has 0 saturated heterocycles. The minimum absolute atomic E-state index is 0.293. The van der Waals surface area contributed by atoms with Crippen molar-refractivity contribution in [3.63, 3.8) is 0 Å². The van der Waals surface area contributed by atoms with Crippen LogP contribution in [0.2, 0.25) is 5.15 Å². The van der Waals surface area contributed by atoms with Crippen molar-refractivity contribution >= 4 is 17.2 Å². The molecule has 0 spiro atoms. The highest BCUT2D eigenvalue weighted by Crippen LogP contribution is 2.29. The van der Waals surface area contributed by atoms with E-state index >= 15 is 0 Å². The van der Waals surface area contributed by atoms with Crippen LogP contribution in [0.5, 0.6) is 0 Å². The molecule has 0 atom stereocenters. The van der Waals surface area contributed by atoms with Gasteiger partial charge in [-0.3, -0.25) is 0 Å². The fourth-order valence-corrected chi connectivity index (χ4v) is 2.28. The lowest BCUT2D eigenvalue weighted by molar-refractivity contribution is 0.567. The number of hydrogen-bond acceptors (Lipinski definition) is 3. The fourth-order valence-electron chi connectivity index (χ4n) is 2.14. The minimum atomic E-state index is -0.293. The Bertz CT molecular complexity index is 719. The third-order valence-corrected chi connectivity index (χ3v) is 3.49. The van der Waals surface area contributed by atoms with Crippen LogP contribution in [0.15, 0.2) is 42.5 Å². The summed E-state index contributed by atoms with van der Waals surface area (Å²) in [6.07, 6.45) is 0. The lowest BCUT2D eigenvalue weighted by Gasteiger charge is -2.22. The second kappa shape index (κ2) is 4.31. The van der Waals surface area contributed by atoms with Crippen LogP contribution < -0.4 is 0 Å². The zero-order chi connectivity index (χ0) is 13.5. The zero-order valence-electron chi connectivity index (χ0n) is 10.7. The van der Waals surface area contributed by atoms with E-state index in [2.05, 4.69) is 41.3 Å². The Kier molecular flexibility index (Phi) is 2.75. The highest BCUT2D eigenvalue weighted by Gasteiger charge is 2.29. The van der Waals surface area contributed by atoms with Crippen LogP contribution >= 0.6 is 11.6 Å². The SMILES string of the molecule is CC(C)(c1ccccc1)c1nnc2ccc(Cl)nn12. The second-order valence-corrected chi connectivity index (χ2v) is 5.33. The van der Waals surface area contributed by atoms with Crippen molar-refractivity contribution in [1.82, 2.24) is 19.8 Å². The van der Waals surface area contributed by atoms with Crippen molar-refractivity contribution in [2.45, 2.75) is 19.3 Å². The molecule has 4 nitrogen and oxygen atoms in total. The van der Waals surface area contributed by atoms with Gasteiger partial charge in [-0.2, -0.15) is 9.61 Å². The highest BCUT2D eigenvalue weighted by atomic mass is 35.5. The summed E-state index contributed by atoms with van der Waals surface area (Å²) in [4.78, 5) is 0. The maximum absolute atomic E-state index is 5.96. The molecule has 0 aliphatic rings. The number of nitrogens with zero attached hydrogens (tertiary/aromatic N) is 4. The van der Waals surface area contributed by atoms with Crippen molar-refractivity contribution < 1.29 is 0 Å². The van der Waals surface area contributed by atoms with Gasteiger partial charge in [0.15, 0.2) is 11.5 Å². The monoisotopic (exact) mass is 272 g/mol. The van der Waals surface area contributed by atoms with Crippen LogP contribution in [0.4, 0.5) is 0 Å². The molecule has 19 heavy (non-hydrogen) atoms. The van der Waals surface area contributed by atoms with Crippen LogP contribution in [0, 0.1) is 0 Å². The van der Waals surface area contributed by atoms with Crippen LogP contribution in [-0.2, 0) is 5.41 Å². The molecule has 3 aromatic rings. The summed E-state index contributed by atoms with van der Waals surface area (Å²) in [7, 11) is 0. The molecule has 3 rings (SSSR count). The van der Waals surface area contributed by atoms with E-state index in [1.807, 2.05) is 24.3 Å². The third-order valence-electron chi connectivity index (χ3n) is 3.28. The summed E-state index contributed by atoms with van der Waals surface area (Å²) < 4.78 is 1.70. The molecule has 5 heteroatoms. The number of benzene rings is 1. The number of hydrogen-bond donors (Lipinski definition) is 0. The first-order chi connectivity index (χ1) is 9.09. The Morgan fingerprint density at radius 3 is 2.47 bits per heavy atom. The Labute approximate surface area is 116 Å². The number of aromatic nitrogens is 4. The van der Waals surface area contributed by atoms with Gasteiger partial charge in [0.1, 0.15) is 5.15 Å². The molecule has 0 aliphatic heterocycles. The summed E-state index contributed by atoms with van der Waals surface area (Å²) in [5, 5.41) is 13.1. The summed E-state index contributed by atoms with van der Waals surface area (Å²) in [6, 6.07) is 13.7. The molecule has 1 aromatic carbocycles. The van der Waals surface area contributed by atoms with Gasteiger partial charge in [-0.15, -0.1) is 10.2 Å². The standard InChI is InChI=1S/C14H13ClN4/c1-14(2,10-6-4-3-5-7-10)13-17-16-12-9-8-11(15)18-19(12)13/h3-9H,1-2H3. The van der Waals surface area contributed by atoms with E-state index in [9.17, 15) is 0 Å². The molecular formula is C14H13ClN4. The molecular weight excluding hydrogens is 260 g/mol. The average Bonchev–Trinajstić information content (AvgIpc) is 2.83. The molecule has 0 amide bonds. The van der Waals surface area contributed by atoms with Gasteiger partial charge in [-0.25, -0.2) is 0 Å². The summed E-state index contributed by atoms with van der Waals surface area (Å²) in [5.41, 5.74) is 1.56. The Hall–Kier alpha value is -1.94. The third kappa shape index (κ3) is 1.98. The topological polar surface area (TPSA) is 43.1 Å². The number of fused-ring (bicyclic) bond motifs is 1. The Morgan fingerprint density at radius 2 is 1.74 bits per heavy atom. The molecule has 0 saturated carbocycles. The minimum Gasteiger partial charge on any atom is -0.195 e. The van der Waals surface area contributed by atoms with Crippen LogP contribution in [0.3, 0.4) is 0 Å². The fraction of sp³-hybridized carbons (Fsp3) is 0.214. The molecule has 0 bridgehead atoms. The van der Waals surface area contributed by atoms with E-state index < -0.39 is 0 Å². The van der Waals surface area contributed by atoms with Crippen molar-refractivity contribution in [2.75, 3.05) is 0 Å². The molecule has 0 radical (unpaired) electrons. The van der Waals surface area contributed by atoms with E-state index in [4.69, 9.17) is 11.6 Å². The van der Waals surface area contributed by atoms with Gasteiger partial charge in [0.05, 0.1) is 5.41 Å². The molecule has 0 aliphatic carbocycles. The molecule has 96 valence electrons. The quantitative estimate of drug-likeness (QED) is 0.720. The van der Waals surface area contributed by atoms with Gasteiger partial charge >= 0.3 is 0 Å². The highest BCUT2D eigenvalue weighted by molar-refractivity contribution is 6.29. The maximum Gasteiger partial charge on any atom is 0.178 e. The van der Waals surface area contributed by atoms with Gasteiger partial charge in [0.2, 0.25) is 0 Å². The van der Waals surface area contributed by atoms with E-state index in [-0.39, 0.29) is 5.41 Å². The average molecular weight is 273 g/mol. The predicted octanol–water partition coefficient (Wildman–Crippen LogP) is 3.10. The van der Waals surface area contributed by atoms with Crippen LogP contribution in [0.1, 0.15) is 25.2 Å². The Morgan fingerprint density at radius 1 is 1.00 bits per heavy atom. The first-order valence-corrected chi connectivity index (χ1v) is 6.41. The summed E-state index contributed by atoms with van der Waals surface area (Å²) >= 11 is 5.96. The Balaban J connectivity index is 2.21. The van der Waals surface area contributed by atoms with Crippen molar-refractivity contribution in [3.8, 4) is 0 Å². The largest absolute Gasteiger partial charge is 0.195 e. The first kappa shape index (κ1) is 12.1. The van der Waals surface area contributed by atoms with E-state index in [0.29, 0.717) is 10.8 Å². The normalized spacial score (nSPS) is 11.9. The summed E-state index contributed by atoms with van der Waals surface area (Å²) in [5.74, 6) is 0.774. The molecule has 0 fully saturated rings. The smallest absolute Gasteiger partial charge is 0.178 e. The van der Waals surface area contributed by atoms with E-state index in [1.54, 1.807) is 10.6 Å². The van der Waals surface area contributed by atoms with Gasteiger partial charge in [0.25, 0.3) is 0 Å². The van der Waals surface area contributed by atoms with Gasteiger partial charge in [-0.05, 0) is 31.5 Å².